The topological polar surface area (TPSA) is 139 Å². The summed E-state index contributed by atoms with van der Waals surface area (Å²) in [6.45, 7) is 4.29. The van der Waals surface area contributed by atoms with Crippen LogP contribution in [0.5, 0.6) is 0 Å². The smallest absolute Gasteiger partial charge is 0.380 e. The summed E-state index contributed by atoms with van der Waals surface area (Å²) in [6, 6.07) is 5.96. The van der Waals surface area contributed by atoms with Gasteiger partial charge in [-0.05, 0) is 41.5 Å². The van der Waals surface area contributed by atoms with E-state index in [1.54, 1.807) is 0 Å². The quantitative estimate of drug-likeness (QED) is 0.472. The SMILES string of the molecule is CCS(=O)(=O)c1cc2c(cn1)NC(CC(O)(CC(C)(C)c1ccccc1S(N)(=O)=O)C(F)(F)F)C2. The Morgan fingerprint density at radius 1 is 1.17 bits per heavy atom. The van der Waals surface area contributed by atoms with Crippen molar-refractivity contribution in [3.8, 4) is 0 Å². The second-order valence-electron chi connectivity index (χ2n) is 9.46. The van der Waals surface area contributed by atoms with Gasteiger partial charge < -0.3 is 10.4 Å². The third kappa shape index (κ3) is 5.63. The van der Waals surface area contributed by atoms with E-state index in [4.69, 9.17) is 5.14 Å². The molecule has 0 bridgehead atoms. The fraction of sp³-hybridized carbons (Fsp3) is 0.500. The van der Waals surface area contributed by atoms with Crippen LogP contribution < -0.4 is 10.5 Å². The lowest BCUT2D eigenvalue weighted by atomic mass is 9.73. The van der Waals surface area contributed by atoms with Crippen molar-refractivity contribution in [3.05, 3.63) is 47.7 Å². The van der Waals surface area contributed by atoms with Crippen molar-refractivity contribution in [3.63, 3.8) is 0 Å². The van der Waals surface area contributed by atoms with Crippen LogP contribution in [0.2, 0.25) is 0 Å². The molecule has 4 N–H and O–H groups in total. The summed E-state index contributed by atoms with van der Waals surface area (Å²) in [5.41, 5.74) is -3.67. The summed E-state index contributed by atoms with van der Waals surface area (Å²) < 4.78 is 90.9. The highest BCUT2D eigenvalue weighted by molar-refractivity contribution is 7.91. The zero-order chi connectivity index (χ0) is 26.4. The van der Waals surface area contributed by atoms with Gasteiger partial charge in [-0.3, -0.25) is 0 Å². The molecule has 35 heavy (non-hydrogen) atoms. The standard InChI is InChI=1S/C22H28F3N3O5S2/c1-4-34(30,31)19-10-14-9-15(28-17(14)12-27-19)11-21(29,22(23,24)25)13-20(2,3)16-7-5-6-8-18(16)35(26,32)33/h5-8,10,12,15,28-29H,4,9,11,13H2,1-3H3,(H2,26,32,33). The van der Waals surface area contributed by atoms with Crippen molar-refractivity contribution in [2.45, 2.75) is 73.2 Å². The Kier molecular flexibility index (Phi) is 7.05. The van der Waals surface area contributed by atoms with Gasteiger partial charge in [0.15, 0.2) is 20.5 Å². The van der Waals surface area contributed by atoms with Crippen LogP contribution >= 0.6 is 0 Å². The predicted octanol–water partition coefficient (Wildman–Crippen LogP) is 2.91. The van der Waals surface area contributed by atoms with Crippen LogP contribution in [0.25, 0.3) is 0 Å². The van der Waals surface area contributed by atoms with E-state index in [2.05, 4.69) is 10.3 Å². The lowest BCUT2D eigenvalue weighted by Crippen LogP contribution is -2.52. The first-order valence-corrected chi connectivity index (χ1v) is 14.0. The van der Waals surface area contributed by atoms with Gasteiger partial charge in [0.05, 0.1) is 22.5 Å². The molecule has 8 nitrogen and oxygen atoms in total. The molecule has 3 rings (SSSR count). The largest absolute Gasteiger partial charge is 0.417 e. The highest BCUT2D eigenvalue weighted by atomic mass is 32.2. The number of aromatic nitrogens is 1. The second-order valence-corrected chi connectivity index (χ2v) is 13.2. The van der Waals surface area contributed by atoms with Crippen LogP contribution in [0.3, 0.4) is 0 Å². The van der Waals surface area contributed by atoms with E-state index in [0.717, 1.165) is 0 Å². The fourth-order valence-electron chi connectivity index (χ4n) is 4.55. The number of hydrogen-bond acceptors (Lipinski definition) is 7. The van der Waals surface area contributed by atoms with Crippen LogP contribution in [0.1, 0.15) is 44.7 Å². The van der Waals surface area contributed by atoms with Crippen LogP contribution in [0, 0.1) is 0 Å². The zero-order valence-corrected chi connectivity index (χ0v) is 21.1. The molecule has 0 saturated carbocycles. The van der Waals surface area contributed by atoms with Gasteiger partial charge in [0, 0.05) is 12.5 Å². The second kappa shape index (κ2) is 9.02. The Morgan fingerprint density at radius 2 is 1.80 bits per heavy atom. The number of nitrogens with zero attached hydrogens (tertiary/aromatic N) is 1. The molecule has 0 amide bonds. The van der Waals surface area contributed by atoms with Crippen LogP contribution in [0.15, 0.2) is 46.5 Å². The summed E-state index contributed by atoms with van der Waals surface area (Å²) in [6.07, 6.45) is -5.31. The molecule has 2 aromatic rings. The molecule has 1 aliphatic heterocycles. The van der Waals surface area contributed by atoms with Gasteiger partial charge in [-0.1, -0.05) is 39.0 Å². The van der Waals surface area contributed by atoms with E-state index in [9.17, 15) is 35.1 Å². The summed E-state index contributed by atoms with van der Waals surface area (Å²) in [4.78, 5) is 3.59. The van der Waals surface area contributed by atoms with Gasteiger partial charge >= 0.3 is 6.18 Å². The molecule has 1 aromatic carbocycles. The third-order valence-electron chi connectivity index (χ3n) is 6.26. The number of sulfonamides is 1. The maximum absolute atomic E-state index is 14.2. The molecule has 13 heteroatoms. The first kappa shape index (κ1) is 27.4. The number of fused-ring (bicyclic) bond motifs is 1. The van der Waals surface area contributed by atoms with Gasteiger partial charge in [-0.2, -0.15) is 13.2 Å². The molecule has 2 atom stereocenters. The third-order valence-corrected chi connectivity index (χ3v) is 8.85. The average molecular weight is 536 g/mol. The summed E-state index contributed by atoms with van der Waals surface area (Å²) in [5.74, 6) is -0.168. The molecule has 0 spiro atoms. The predicted molar refractivity (Wildman–Crippen MR) is 124 cm³/mol. The minimum atomic E-state index is -5.04. The fourth-order valence-corrected chi connectivity index (χ4v) is 6.30. The number of rotatable bonds is 8. The molecular formula is C22H28F3N3O5S2. The van der Waals surface area contributed by atoms with Crippen molar-refractivity contribution in [1.29, 1.82) is 0 Å². The number of halogens is 3. The molecule has 2 unspecified atom stereocenters. The van der Waals surface area contributed by atoms with Crippen molar-refractivity contribution in [2.75, 3.05) is 11.1 Å². The number of aliphatic hydroxyl groups is 1. The molecule has 2 heterocycles. The Morgan fingerprint density at radius 3 is 2.37 bits per heavy atom. The van der Waals surface area contributed by atoms with E-state index >= 15 is 0 Å². The van der Waals surface area contributed by atoms with E-state index in [1.165, 1.54) is 57.3 Å². The van der Waals surface area contributed by atoms with E-state index in [1.807, 2.05) is 0 Å². The lowest BCUT2D eigenvalue weighted by molar-refractivity contribution is -0.270. The molecule has 0 aliphatic carbocycles. The zero-order valence-electron chi connectivity index (χ0n) is 19.4. The van der Waals surface area contributed by atoms with Gasteiger partial charge in [-0.25, -0.2) is 27.0 Å². The number of alkyl halides is 3. The summed E-state index contributed by atoms with van der Waals surface area (Å²) in [5, 5.41) is 18.9. The van der Waals surface area contributed by atoms with Crippen LogP contribution in [0.4, 0.5) is 18.9 Å². The lowest BCUT2D eigenvalue weighted by Gasteiger charge is -2.39. The minimum absolute atomic E-state index is 0.0523. The highest BCUT2D eigenvalue weighted by Crippen LogP contribution is 2.46. The number of primary sulfonamides is 1. The van der Waals surface area contributed by atoms with Gasteiger partial charge in [0.2, 0.25) is 10.0 Å². The number of pyridine rings is 1. The van der Waals surface area contributed by atoms with E-state index in [-0.39, 0.29) is 27.7 Å². The number of sulfone groups is 1. The van der Waals surface area contributed by atoms with Crippen molar-refractivity contribution >= 4 is 25.5 Å². The molecule has 1 aliphatic rings. The molecule has 1 aromatic heterocycles. The Bertz CT molecular complexity index is 1330. The average Bonchev–Trinajstić information content (AvgIpc) is 3.13. The Balaban J connectivity index is 1.91. The van der Waals surface area contributed by atoms with Crippen molar-refractivity contribution in [1.82, 2.24) is 4.98 Å². The van der Waals surface area contributed by atoms with Gasteiger partial charge in [0.25, 0.3) is 0 Å². The molecular weight excluding hydrogens is 507 g/mol. The van der Waals surface area contributed by atoms with Gasteiger partial charge in [0.1, 0.15) is 0 Å². The molecule has 0 fully saturated rings. The van der Waals surface area contributed by atoms with Crippen LogP contribution in [-0.4, -0.2) is 50.5 Å². The first-order valence-electron chi connectivity index (χ1n) is 10.8. The number of nitrogens with one attached hydrogen (secondary N) is 1. The van der Waals surface area contributed by atoms with Crippen molar-refractivity contribution in [2.24, 2.45) is 5.14 Å². The minimum Gasteiger partial charge on any atom is -0.380 e. The summed E-state index contributed by atoms with van der Waals surface area (Å²) >= 11 is 0. The molecule has 0 radical (unpaired) electrons. The van der Waals surface area contributed by atoms with Crippen molar-refractivity contribution < 1.29 is 35.1 Å². The summed E-state index contributed by atoms with van der Waals surface area (Å²) in [7, 11) is -7.81. The van der Waals surface area contributed by atoms with E-state index < -0.39 is 55.9 Å². The maximum Gasteiger partial charge on any atom is 0.417 e. The normalized spacial score (nSPS) is 18.6. The number of anilines is 1. The Labute approximate surface area is 202 Å². The molecule has 0 saturated heterocycles. The number of benzene rings is 1. The van der Waals surface area contributed by atoms with Crippen LogP contribution in [-0.2, 0) is 31.7 Å². The Hall–Kier alpha value is -2.22. The highest BCUT2D eigenvalue weighted by Gasteiger charge is 2.57. The maximum atomic E-state index is 14.2. The molecule has 194 valence electrons. The number of hydrogen-bond donors (Lipinski definition) is 3. The van der Waals surface area contributed by atoms with E-state index in [0.29, 0.717) is 11.3 Å². The van der Waals surface area contributed by atoms with Gasteiger partial charge in [-0.15, -0.1) is 0 Å². The number of nitrogens with two attached hydrogens (primary N) is 1. The first-order chi connectivity index (χ1) is 15.9. The monoisotopic (exact) mass is 535 g/mol.